The summed E-state index contributed by atoms with van der Waals surface area (Å²) in [5.74, 6) is 0. The first-order valence-electron chi connectivity index (χ1n) is 7.96. The molecule has 10 nitrogen and oxygen atoms in total. The number of fused-ring (bicyclic) bond motifs is 1. The van der Waals surface area contributed by atoms with E-state index in [4.69, 9.17) is 4.74 Å². The Morgan fingerprint density at radius 3 is 1.92 bits per heavy atom. The van der Waals surface area contributed by atoms with Crippen molar-refractivity contribution in [2.75, 3.05) is 0 Å². The van der Waals surface area contributed by atoms with Gasteiger partial charge in [0.1, 0.15) is 0 Å². The molecule has 10 heteroatoms. The Morgan fingerprint density at radius 1 is 0.846 bits per heavy atom. The normalized spacial score (nSPS) is 19.5. The van der Waals surface area contributed by atoms with E-state index in [1.165, 1.54) is 37.3 Å². The lowest BCUT2D eigenvalue weighted by molar-refractivity contribution is -0.154. The predicted molar refractivity (Wildman–Crippen MR) is 91.1 cm³/mol. The van der Waals surface area contributed by atoms with E-state index in [2.05, 4.69) is 0 Å². The van der Waals surface area contributed by atoms with Crippen LogP contribution in [0.1, 0.15) is 34.9 Å². The fourth-order valence-electron chi connectivity index (χ4n) is 3.37. The summed E-state index contributed by atoms with van der Waals surface area (Å²) in [6.07, 6.45) is -2.45. The number of ether oxygens (including phenoxy) is 1. The Labute approximate surface area is 147 Å². The van der Waals surface area contributed by atoms with Crippen LogP contribution in [-0.2, 0) is 39.3 Å². The van der Waals surface area contributed by atoms with Gasteiger partial charge in [0.05, 0.1) is 17.2 Å². The first kappa shape index (κ1) is 18.1. The summed E-state index contributed by atoms with van der Waals surface area (Å²) in [5, 5.41) is 10.4. The van der Waals surface area contributed by atoms with Crippen LogP contribution in [-0.4, -0.2) is 23.4 Å². The minimum absolute atomic E-state index is 0.0230. The summed E-state index contributed by atoms with van der Waals surface area (Å²) in [5.41, 5.74) is -1.32. The number of hydrogen-bond donors (Lipinski definition) is 1. The molecular weight excluding hydrogens is 344 g/mol. The van der Waals surface area contributed by atoms with Crippen LogP contribution in [0.2, 0.25) is 0 Å². The Kier molecular flexibility index (Phi) is 4.12. The third-order valence-corrected chi connectivity index (χ3v) is 5.07. The molecule has 0 spiro atoms. The van der Waals surface area contributed by atoms with Crippen LogP contribution < -0.4 is 22.5 Å². The molecule has 2 atom stereocenters. The van der Waals surface area contributed by atoms with Crippen molar-refractivity contribution in [1.82, 2.24) is 18.3 Å². The lowest BCUT2D eigenvalue weighted by Crippen LogP contribution is -2.46. The van der Waals surface area contributed by atoms with Crippen molar-refractivity contribution in [2.45, 2.75) is 25.7 Å². The summed E-state index contributed by atoms with van der Waals surface area (Å²) in [7, 11) is 5.68. The zero-order valence-electron chi connectivity index (χ0n) is 15.1. The average Bonchev–Trinajstić information content (AvgIpc) is 2.61. The number of aliphatic hydroxyl groups excluding tert-OH is 1. The van der Waals surface area contributed by atoms with Gasteiger partial charge in [-0.15, -0.1) is 0 Å². The Morgan fingerprint density at radius 2 is 1.35 bits per heavy atom. The highest BCUT2D eigenvalue weighted by Crippen LogP contribution is 2.33. The monoisotopic (exact) mass is 364 g/mol. The summed E-state index contributed by atoms with van der Waals surface area (Å²) >= 11 is 0. The molecule has 0 saturated carbocycles. The molecule has 3 rings (SSSR count). The maximum atomic E-state index is 12.6. The maximum absolute atomic E-state index is 12.6. The van der Waals surface area contributed by atoms with Gasteiger partial charge in [0.15, 0.2) is 6.29 Å². The lowest BCUT2D eigenvalue weighted by Gasteiger charge is -2.31. The van der Waals surface area contributed by atoms with Crippen molar-refractivity contribution in [3.63, 3.8) is 0 Å². The minimum atomic E-state index is -1.59. The molecule has 1 aliphatic heterocycles. The largest absolute Gasteiger partial charge is 0.364 e. The average molecular weight is 364 g/mol. The molecule has 1 N–H and O–H groups in total. The van der Waals surface area contributed by atoms with Gasteiger partial charge in [-0.25, -0.2) is 9.59 Å². The quantitative estimate of drug-likeness (QED) is 0.631. The standard InChI is InChI=1S/C16H20N4O6/c1-7-10(12(21)19(4)15(24)17(7)2)9-6-8-11(14(23)26-9)13(22)20(5)16(25)18(8)3/h9,14,23H,6H2,1-5H3/t9-,14-/m0/s1. The van der Waals surface area contributed by atoms with Crippen molar-refractivity contribution in [3.8, 4) is 0 Å². The van der Waals surface area contributed by atoms with Crippen molar-refractivity contribution in [2.24, 2.45) is 28.2 Å². The van der Waals surface area contributed by atoms with Crippen molar-refractivity contribution in [3.05, 3.63) is 64.2 Å². The molecule has 1 aliphatic rings. The second kappa shape index (κ2) is 5.92. The van der Waals surface area contributed by atoms with Gasteiger partial charge in [-0.1, -0.05) is 0 Å². The number of nitrogens with zero attached hydrogens (tertiary/aromatic N) is 4. The number of hydrogen-bond acceptors (Lipinski definition) is 6. The highest BCUT2D eigenvalue weighted by Gasteiger charge is 2.35. The van der Waals surface area contributed by atoms with Gasteiger partial charge >= 0.3 is 11.4 Å². The highest BCUT2D eigenvalue weighted by molar-refractivity contribution is 5.28. The fraction of sp³-hybridized carbons (Fsp3) is 0.500. The van der Waals surface area contributed by atoms with E-state index < -0.39 is 34.9 Å². The van der Waals surface area contributed by atoms with E-state index in [0.717, 1.165) is 9.13 Å². The first-order chi connectivity index (χ1) is 12.1. The van der Waals surface area contributed by atoms with E-state index in [1.807, 2.05) is 0 Å². The van der Waals surface area contributed by atoms with Gasteiger partial charge in [0, 0.05) is 46.0 Å². The lowest BCUT2D eigenvalue weighted by atomic mass is 9.98. The van der Waals surface area contributed by atoms with Crippen LogP contribution in [0.4, 0.5) is 0 Å². The summed E-state index contributed by atoms with van der Waals surface area (Å²) in [6, 6.07) is 0. The van der Waals surface area contributed by atoms with Crippen molar-refractivity contribution in [1.29, 1.82) is 0 Å². The molecule has 0 aliphatic carbocycles. The molecule has 2 aromatic rings. The van der Waals surface area contributed by atoms with Crippen molar-refractivity contribution >= 4 is 0 Å². The summed E-state index contributed by atoms with van der Waals surface area (Å²) in [6.45, 7) is 1.60. The topological polar surface area (TPSA) is 117 Å². The number of aromatic nitrogens is 4. The minimum Gasteiger partial charge on any atom is -0.364 e. The molecule has 0 radical (unpaired) electrons. The third-order valence-electron chi connectivity index (χ3n) is 5.07. The zero-order chi connectivity index (χ0) is 19.5. The van der Waals surface area contributed by atoms with Crippen LogP contribution in [0.3, 0.4) is 0 Å². The van der Waals surface area contributed by atoms with Crippen LogP contribution in [0.25, 0.3) is 0 Å². The maximum Gasteiger partial charge on any atom is 0.330 e. The molecule has 0 unspecified atom stereocenters. The van der Waals surface area contributed by atoms with E-state index in [9.17, 15) is 24.3 Å². The van der Waals surface area contributed by atoms with Gasteiger partial charge in [0.2, 0.25) is 0 Å². The Bertz CT molecular complexity index is 1150. The molecule has 0 aromatic carbocycles. The molecule has 140 valence electrons. The molecule has 0 saturated heterocycles. The molecular formula is C16H20N4O6. The second-order valence-corrected chi connectivity index (χ2v) is 6.45. The second-order valence-electron chi connectivity index (χ2n) is 6.45. The molecule has 0 bridgehead atoms. The first-order valence-corrected chi connectivity index (χ1v) is 7.96. The smallest absolute Gasteiger partial charge is 0.330 e. The Balaban J connectivity index is 2.27. The van der Waals surface area contributed by atoms with E-state index in [1.54, 1.807) is 6.92 Å². The molecule has 0 fully saturated rings. The third kappa shape index (κ3) is 2.33. The van der Waals surface area contributed by atoms with Crippen LogP contribution in [0.5, 0.6) is 0 Å². The van der Waals surface area contributed by atoms with Crippen LogP contribution in [0.15, 0.2) is 19.2 Å². The van der Waals surface area contributed by atoms with E-state index >= 15 is 0 Å². The van der Waals surface area contributed by atoms with Gasteiger partial charge in [0.25, 0.3) is 11.1 Å². The fourth-order valence-corrected chi connectivity index (χ4v) is 3.37. The van der Waals surface area contributed by atoms with Gasteiger partial charge in [-0.2, -0.15) is 0 Å². The van der Waals surface area contributed by atoms with Crippen molar-refractivity contribution < 1.29 is 9.84 Å². The molecule has 3 heterocycles. The summed E-state index contributed by atoms with van der Waals surface area (Å²) in [4.78, 5) is 49.2. The highest BCUT2D eigenvalue weighted by atomic mass is 16.6. The Hall–Kier alpha value is -2.72. The van der Waals surface area contributed by atoms with Crippen LogP contribution >= 0.6 is 0 Å². The predicted octanol–water partition coefficient (Wildman–Crippen LogP) is -1.91. The number of rotatable bonds is 1. The molecule has 0 amide bonds. The summed E-state index contributed by atoms with van der Waals surface area (Å²) < 4.78 is 9.96. The zero-order valence-corrected chi connectivity index (χ0v) is 15.1. The SMILES string of the molecule is Cc1c([C@@H]2Cc3c(c(=O)n(C)c(=O)n3C)[C@@H](O)O2)c(=O)n(C)c(=O)n1C. The van der Waals surface area contributed by atoms with Gasteiger partial charge in [-0.05, 0) is 6.92 Å². The number of aliphatic hydroxyl groups is 1. The van der Waals surface area contributed by atoms with Gasteiger partial charge in [-0.3, -0.25) is 18.7 Å². The van der Waals surface area contributed by atoms with Crippen LogP contribution in [0, 0.1) is 6.92 Å². The van der Waals surface area contributed by atoms with E-state index in [-0.39, 0.29) is 17.5 Å². The van der Waals surface area contributed by atoms with E-state index in [0.29, 0.717) is 11.4 Å². The van der Waals surface area contributed by atoms with Gasteiger partial charge < -0.3 is 19.0 Å². The molecule has 26 heavy (non-hydrogen) atoms. The molecule has 2 aromatic heterocycles.